The summed E-state index contributed by atoms with van der Waals surface area (Å²) in [7, 11) is 0. The van der Waals surface area contributed by atoms with E-state index in [1.807, 2.05) is 0 Å². The van der Waals surface area contributed by atoms with Crippen LogP contribution in [0.1, 0.15) is 13.8 Å². The van der Waals surface area contributed by atoms with Gasteiger partial charge in [0.1, 0.15) is 0 Å². The summed E-state index contributed by atoms with van der Waals surface area (Å²) >= 11 is 0. The minimum Gasteiger partial charge on any atom is -1.00 e. The van der Waals surface area contributed by atoms with Crippen molar-refractivity contribution in [3.05, 3.63) is 0 Å². The predicted octanol–water partition coefficient (Wildman–Crippen LogP) is -2.49. The fraction of sp³-hybridized carbons (Fsp3) is 1.00. The Labute approximate surface area is 55.0 Å². The Balaban J connectivity index is -0.0000000150. The second kappa shape index (κ2) is 16.2. The van der Waals surface area contributed by atoms with Crippen LogP contribution in [0, 0.1) is 0 Å². The highest BCUT2D eigenvalue weighted by Crippen LogP contribution is 1.57. The van der Waals surface area contributed by atoms with Crippen LogP contribution < -0.4 is 34.4 Å². The molecule has 0 heterocycles. The summed E-state index contributed by atoms with van der Waals surface area (Å²) in [5.74, 6) is 0. The molecule has 0 fully saturated rings. The molecule has 8 N–H and O–H groups in total. The average Bonchev–Trinajstić information content (AvgIpc) is 0.811. The van der Waals surface area contributed by atoms with E-state index in [2.05, 4.69) is 0 Å². The maximum atomic E-state index is 9.53. The van der Waals surface area contributed by atoms with Crippen molar-refractivity contribution in [1.29, 1.82) is 0 Å². The third kappa shape index (κ3) is 933. The highest BCUT2D eigenvalue weighted by Gasteiger charge is 1.53. The van der Waals surface area contributed by atoms with E-state index in [-0.39, 0.29) is 29.3 Å². The van der Waals surface area contributed by atoms with Crippen LogP contribution in [0.3, 0.4) is 0 Å². The lowest BCUT2D eigenvalue weighted by Gasteiger charge is -2.02. The van der Waals surface area contributed by atoms with E-state index in [4.69, 9.17) is 0 Å². The summed E-state index contributed by atoms with van der Waals surface area (Å²) in [6.07, 6.45) is -0.417. The van der Waals surface area contributed by atoms with Gasteiger partial charge < -0.3 is 34.4 Å². The van der Waals surface area contributed by atoms with E-state index in [1.54, 1.807) is 13.8 Å². The Hall–Kier alpha value is 0.360. The number of hydrogen-bond acceptors (Lipinski definition) is 1. The molecule has 7 heavy (non-hydrogen) atoms. The number of halogens is 1. The van der Waals surface area contributed by atoms with Crippen molar-refractivity contribution in [3.8, 4) is 0 Å². The van der Waals surface area contributed by atoms with E-state index in [0.717, 1.165) is 0 Å². The number of quaternary nitrogens is 2. The average molecular weight is 175 g/mol. The van der Waals surface area contributed by atoms with Crippen LogP contribution in [-0.4, -0.2) is 6.10 Å². The quantitative estimate of drug-likeness (QED) is 0.418. The highest BCUT2D eigenvalue weighted by molar-refractivity contribution is 4.17. The van der Waals surface area contributed by atoms with Gasteiger partial charge in [-0.25, -0.2) is 0 Å². The Kier molecular flexibility index (Phi) is 61.0. The van der Waals surface area contributed by atoms with Gasteiger partial charge in [0.25, 0.3) is 0 Å². The molecule has 0 radical (unpaired) electrons. The van der Waals surface area contributed by atoms with Gasteiger partial charge in [0.15, 0.2) is 0 Å². The lowest BCUT2D eigenvalue weighted by molar-refractivity contribution is -0.407. The van der Waals surface area contributed by atoms with E-state index >= 15 is 0 Å². The van der Waals surface area contributed by atoms with Crippen LogP contribution >= 0.6 is 0 Å². The zero-order valence-electron chi connectivity index (χ0n) is 5.36. The van der Waals surface area contributed by atoms with Gasteiger partial charge in [-0.1, -0.05) is 13.8 Å². The second-order valence-corrected chi connectivity index (χ2v) is 1.05. The highest BCUT2D eigenvalue weighted by atomic mass is 79.9. The smallest absolute Gasteiger partial charge is 0.0783 e. The maximum absolute atomic E-state index is 9.53. The summed E-state index contributed by atoms with van der Waals surface area (Å²) in [5.41, 5.74) is 0. The molecule has 3 nitrogen and oxygen atoms in total. The van der Waals surface area contributed by atoms with Crippen molar-refractivity contribution in [2.45, 2.75) is 20.0 Å². The topological polar surface area (TPSA) is 96.1 Å². The molecule has 0 saturated carbocycles. The minimum atomic E-state index is -0.417. The number of rotatable bonds is 0. The molecule has 0 saturated heterocycles. The standard InChI is InChI=1S/C3H7O.BrH.2H3N/c1-3(2)4;;;/h3H,1-2H3;1H;2*1H3/q-1;;;/p+1. The zero-order valence-corrected chi connectivity index (χ0v) is 6.95. The third-order valence-corrected chi connectivity index (χ3v) is 0. The lowest BCUT2D eigenvalue weighted by atomic mass is 10.5. The van der Waals surface area contributed by atoms with Crippen LogP contribution in [0.25, 0.3) is 0 Å². The molecule has 4 heteroatoms. The molecule has 0 amide bonds. The largest absolute Gasteiger partial charge is 1.00 e. The molecule has 0 aromatic rings. The van der Waals surface area contributed by atoms with Gasteiger partial charge in [-0.2, -0.15) is 0 Å². The van der Waals surface area contributed by atoms with Crippen molar-refractivity contribution in [2.24, 2.45) is 0 Å². The molecule has 0 spiro atoms. The van der Waals surface area contributed by atoms with E-state index in [9.17, 15) is 5.11 Å². The van der Waals surface area contributed by atoms with Gasteiger partial charge in [0.05, 0.1) is 0 Å². The molecule has 50 valence electrons. The first-order chi connectivity index (χ1) is 1.73. The first kappa shape index (κ1) is 26.4. The monoisotopic (exact) mass is 174 g/mol. The molecule has 0 aromatic carbocycles. The summed E-state index contributed by atoms with van der Waals surface area (Å²) in [5, 5.41) is 9.53. The summed E-state index contributed by atoms with van der Waals surface area (Å²) in [6, 6.07) is 0. The van der Waals surface area contributed by atoms with E-state index in [1.165, 1.54) is 0 Å². The van der Waals surface area contributed by atoms with Gasteiger partial charge in [-0.3, -0.25) is 0 Å². The Morgan fingerprint density at radius 2 is 1.14 bits per heavy atom. The van der Waals surface area contributed by atoms with Crippen molar-refractivity contribution in [2.75, 3.05) is 0 Å². The fourth-order valence-corrected chi connectivity index (χ4v) is 0. The minimum absolute atomic E-state index is 0. The molecule has 0 aliphatic rings. The lowest BCUT2D eigenvalue weighted by Crippen LogP contribution is -3.00. The normalized spacial score (nSPS) is 5.14. The molecule has 0 aliphatic carbocycles. The summed E-state index contributed by atoms with van der Waals surface area (Å²) in [6.45, 7) is 3.22. The summed E-state index contributed by atoms with van der Waals surface area (Å²) in [4.78, 5) is 0. The Bertz CT molecular complexity index is 17.7. The SMILES string of the molecule is CC(C)[O-].[Br-].[NH4+].[NH4+]. The van der Waals surface area contributed by atoms with Crippen LogP contribution in [0.15, 0.2) is 0 Å². The van der Waals surface area contributed by atoms with Gasteiger partial charge in [-0.15, -0.1) is 6.10 Å². The Morgan fingerprint density at radius 1 is 1.14 bits per heavy atom. The van der Waals surface area contributed by atoms with Gasteiger partial charge in [0.2, 0.25) is 0 Å². The molecule has 0 atom stereocenters. The van der Waals surface area contributed by atoms with Crippen molar-refractivity contribution in [3.63, 3.8) is 0 Å². The Morgan fingerprint density at radius 3 is 1.14 bits per heavy atom. The van der Waals surface area contributed by atoms with Crippen molar-refractivity contribution < 1.29 is 22.1 Å². The molecular formula is C3H15BrN2O. The van der Waals surface area contributed by atoms with Gasteiger partial charge in [-0.05, 0) is 0 Å². The van der Waals surface area contributed by atoms with E-state index < -0.39 is 6.10 Å². The van der Waals surface area contributed by atoms with Crippen LogP contribution in [-0.2, 0) is 0 Å². The van der Waals surface area contributed by atoms with E-state index in [0.29, 0.717) is 0 Å². The third-order valence-electron chi connectivity index (χ3n) is 0. The second-order valence-electron chi connectivity index (χ2n) is 1.05. The predicted molar refractivity (Wildman–Crippen MR) is 27.1 cm³/mol. The first-order valence-electron chi connectivity index (χ1n) is 1.39. The molecule has 0 bridgehead atoms. The van der Waals surface area contributed by atoms with Crippen LogP contribution in [0.4, 0.5) is 0 Å². The summed E-state index contributed by atoms with van der Waals surface area (Å²) < 4.78 is 0. The fourth-order valence-electron chi connectivity index (χ4n) is 0. The van der Waals surface area contributed by atoms with Crippen molar-refractivity contribution in [1.82, 2.24) is 12.3 Å². The van der Waals surface area contributed by atoms with Crippen LogP contribution in [0.5, 0.6) is 0 Å². The molecule has 0 aromatic heterocycles. The molecule has 0 unspecified atom stereocenters. The molecular weight excluding hydrogens is 160 g/mol. The van der Waals surface area contributed by atoms with Gasteiger partial charge in [0, 0.05) is 0 Å². The molecule has 0 rings (SSSR count). The first-order valence-corrected chi connectivity index (χ1v) is 1.39. The maximum Gasteiger partial charge on any atom is -0.0783 e. The molecule has 0 aliphatic heterocycles. The van der Waals surface area contributed by atoms with Crippen molar-refractivity contribution >= 4 is 0 Å². The van der Waals surface area contributed by atoms with Crippen LogP contribution in [0.2, 0.25) is 0 Å². The van der Waals surface area contributed by atoms with Gasteiger partial charge >= 0.3 is 0 Å². The zero-order chi connectivity index (χ0) is 3.58. The number of hydrogen-bond donors (Lipinski definition) is 2.